The molecule has 2 nitrogen and oxygen atoms in total. The van der Waals surface area contributed by atoms with Gasteiger partial charge in [-0.2, -0.15) is 0 Å². The molecule has 1 N–H and O–H groups in total. The third-order valence-corrected chi connectivity index (χ3v) is 2.38. The van der Waals surface area contributed by atoms with Crippen LogP contribution < -0.4 is 0 Å². The molecule has 0 spiro atoms. The van der Waals surface area contributed by atoms with Crippen LogP contribution in [0.5, 0.6) is 0 Å². The Bertz CT molecular complexity index is 293. The van der Waals surface area contributed by atoms with Crippen molar-refractivity contribution in [2.45, 2.75) is 20.0 Å². The summed E-state index contributed by atoms with van der Waals surface area (Å²) in [6, 6.07) is 10.1. The molecular formula is C13H18O2. The van der Waals surface area contributed by atoms with Crippen molar-refractivity contribution in [3.63, 3.8) is 0 Å². The molecule has 0 radical (unpaired) electrons. The van der Waals surface area contributed by atoms with Crippen molar-refractivity contribution in [2.75, 3.05) is 6.61 Å². The highest BCUT2D eigenvalue weighted by Crippen LogP contribution is 2.10. The van der Waals surface area contributed by atoms with E-state index in [1.165, 1.54) is 5.56 Å². The molecular weight excluding hydrogens is 188 g/mol. The van der Waals surface area contributed by atoms with Gasteiger partial charge in [-0.05, 0) is 12.0 Å². The second-order valence-electron chi connectivity index (χ2n) is 3.72. The fourth-order valence-corrected chi connectivity index (χ4v) is 1.19. The van der Waals surface area contributed by atoms with Crippen molar-refractivity contribution in [1.29, 1.82) is 0 Å². The fraction of sp³-hybridized carbons (Fsp3) is 0.385. The van der Waals surface area contributed by atoms with Gasteiger partial charge in [0.05, 0.1) is 12.4 Å². The van der Waals surface area contributed by atoms with Gasteiger partial charge in [-0.25, -0.2) is 0 Å². The first kappa shape index (κ1) is 11.8. The van der Waals surface area contributed by atoms with Crippen LogP contribution in [-0.4, -0.2) is 11.7 Å². The molecule has 0 aromatic heterocycles. The molecule has 1 unspecified atom stereocenters. The predicted octanol–water partition coefficient (Wildman–Crippen LogP) is 3.30. The van der Waals surface area contributed by atoms with E-state index >= 15 is 0 Å². The number of hydrogen-bond acceptors (Lipinski definition) is 2. The molecule has 15 heavy (non-hydrogen) atoms. The van der Waals surface area contributed by atoms with Crippen LogP contribution in [-0.2, 0) is 11.3 Å². The summed E-state index contributed by atoms with van der Waals surface area (Å²) in [5, 5.41) is 9.09. The van der Waals surface area contributed by atoms with E-state index in [0.717, 1.165) is 6.42 Å². The van der Waals surface area contributed by atoms with Crippen LogP contribution in [0.2, 0.25) is 0 Å². The van der Waals surface area contributed by atoms with Gasteiger partial charge >= 0.3 is 0 Å². The lowest BCUT2D eigenvalue weighted by molar-refractivity contribution is 0.108. The van der Waals surface area contributed by atoms with Crippen LogP contribution in [0, 0.1) is 5.92 Å². The number of ether oxygens (including phenoxy) is 1. The molecule has 0 amide bonds. The molecule has 0 aliphatic heterocycles. The minimum absolute atomic E-state index is 0.112. The van der Waals surface area contributed by atoms with Crippen molar-refractivity contribution in [3.8, 4) is 0 Å². The molecule has 0 bridgehead atoms. The lowest BCUT2D eigenvalue weighted by atomic mass is 10.1. The van der Waals surface area contributed by atoms with E-state index in [1.54, 1.807) is 0 Å². The molecule has 82 valence electrons. The van der Waals surface area contributed by atoms with Crippen LogP contribution in [0.4, 0.5) is 0 Å². The van der Waals surface area contributed by atoms with E-state index < -0.39 is 0 Å². The fourth-order valence-electron chi connectivity index (χ4n) is 1.19. The Balaban J connectivity index is 2.15. The third-order valence-electron chi connectivity index (χ3n) is 2.38. The summed E-state index contributed by atoms with van der Waals surface area (Å²) < 4.78 is 5.49. The van der Waals surface area contributed by atoms with Gasteiger partial charge in [0.25, 0.3) is 0 Å². The second-order valence-corrected chi connectivity index (χ2v) is 3.72. The van der Waals surface area contributed by atoms with Gasteiger partial charge in [-0.3, -0.25) is 0 Å². The van der Waals surface area contributed by atoms with Gasteiger partial charge in [0.15, 0.2) is 0 Å². The van der Waals surface area contributed by atoms with E-state index in [4.69, 9.17) is 9.84 Å². The highest BCUT2D eigenvalue weighted by molar-refractivity contribution is 5.13. The van der Waals surface area contributed by atoms with E-state index in [1.807, 2.05) is 37.3 Å². The quantitative estimate of drug-likeness (QED) is 0.571. The molecule has 2 heteroatoms. The average Bonchev–Trinajstić information content (AvgIpc) is 2.25. The van der Waals surface area contributed by atoms with Crippen LogP contribution in [0.15, 0.2) is 42.7 Å². The maximum atomic E-state index is 9.09. The lowest BCUT2D eigenvalue weighted by Gasteiger charge is -2.09. The van der Waals surface area contributed by atoms with E-state index in [0.29, 0.717) is 13.2 Å². The maximum absolute atomic E-state index is 9.09. The normalized spacial score (nSPS) is 12.3. The molecule has 1 rings (SSSR count). The van der Waals surface area contributed by atoms with E-state index in [9.17, 15) is 0 Å². The summed E-state index contributed by atoms with van der Waals surface area (Å²) in [6.45, 7) is 6.71. The second kappa shape index (κ2) is 6.25. The van der Waals surface area contributed by atoms with Gasteiger partial charge < -0.3 is 9.84 Å². The zero-order valence-electron chi connectivity index (χ0n) is 9.15. The standard InChI is InChI=1S/C13H18O2/c1-11(12(2)14)8-9-15-10-13-6-4-3-5-7-13/h3-7,11,14H,2,8-10H2,1H3. The highest BCUT2D eigenvalue weighted by Gasteiger charge is 2.04. The summed E-state index contributed by atoms with van der Waals surface area (Å²) in [7, 11) is 0. The van der Waals surface area contributed by atoms with Gasteiger partial charge in [0.2, 0.25) is 0 Å². The molecule has 1 aromatic carbocycles. The summed E-state index contributed by atoms with van der Waals surface area (Å²) in [4.78, 5) is 0. The summed E-state index contributed by atoms with van der Waals surface area (Å²) in [5.41, 5.74) is 1.17. The zero-order chi connectivity index (χ0) is 11.1. The number of hydrogen-bond donors (Lipinski definition) is 1. The first-order valence-corrected chi connectivity index (χ1v) is 5.19. The van der Waals surface area contributed by atoms with Crippen LogP contribution in [0.25, 0.3) is 0 Å². The van der Waals surface area contributed by atoms with E-state index in [2.05, 4.69) is 6.58 Å². The molecule has 0 heterocycles. The smallest absolute Gasteiger partial charge is 0.0880 e. The molecule has 0 fully saturated rings. The molecule has 1 aromatic rings. The van der Waals surface area contributed by atoms with Crippen molar-refractivity contribution in [2.24, 2.45) is 5.92 Å². The SMILES string of the molecule is C=C(O)C(C)CCOCc1ccccc1. The van der Waals surface area contributed by atoms with Crippen molar-refractivity contribution >= 4 is 0 Å². The Morgan fingerprint density at radius 2 is 2.07 bits per heavy atom. The Labute approximate surface area is 91.2 Å². The lowest BCUT2D eigenvalue weighted by Crippen LogP contribution is -2.03. The van der Waals surface area contributed by atoms with Crippen LogP contribution in [0.3, 0.4) is 0 Å². The Morgan fingerprint density at radius 3 is 2.67 bits per heavy atom. The number of benzene rings is 1. The zero-order valence-corrected chi connectivity index (χ0v) is 9.15. The monoisotopic (exact) mass is 206 g/mol. The number of rotatable bonds is 6. The van der Waals surface area contributed by atoms with Crippen LogP contribution >= 0.6 is 0 Å². The Morgan fingerprint density at radius 1 is 1.40 bits per heavy atom. The molecule has 0 saturated heterocycles. The Kier molecular flexibility index (Phi) is 4.91. The minimum Gasteiger partial charge on any atom is -0.513 e. The Hall–Kier alpha value is -1.28. The average molecular weight is 206 g/mol. The maximum Gasteiger partial charge on any atom is 0.0880 e. The van der Waals surface area contributed by atoms with Gasteiger partial charge in [-0.15, -0.1) is 0 Å². The van der Waals surface area contributed by atoms with Crippen LogP contribution in [0.1, 0.15) is 18.9 Å². The van der Waals surface area contributed by atoms with E-state index in [-0.39, 0.29) is 11.7 Å². The highest BCUT2D eigenvalue weighted by atomic mass is 16.5. The number of allylic oxidation sites excluding steroid dienone is 1. The topological polar surface area (TPSA) is 29.5 Å². The first-order valence-electron chi connectivity index (χ1n) is 5.19. The number of aliphatic hydroxyl groups excluding tert-OH is 1. The largest absolute Gasteiger partial charge is 0.513 e. The van der Waals surface area contributed by atoms with Gasteiger partial charge in [0, 0.05) is 12.5 Å². The molecule has 1 atom stereocenters. The molecule has 0 saturated carbocycles. The number of aliphatic hydroxyl groups is 1. The third kappa shape index (κ3) is 4.66. The summed E-state index contributed by atoms with van der Waals surface area (Å²) in [6.07, 6.45) is 0.808. The molecule has 0 aliphatic rings. The van der Waals surface area contributed by atoms with Crippen molar-refractivity contribution in [3.05, 3.63) is 48.2 Å². The van der Waals surface area contributed by atoms with Gasteiger partial charge in [0.1, 0.15) is 0 Å². The van der Waals surface area contributed by atoms with Gasteiger partial charge in [-0.1, -0.05) is 43.8 Å². The summed E-state index contributed by atoms with van der Waals surface area (Å²) in [5.74, 6) is 0.346. The van der Waals surface area contributed by atoms with Crippen molar-refractivity contribution < 1.29 is 9.84 Å². The minimum atomic E-state index is 0.112. The molecule has 0 aliphatic carbocycles. The summed E-state index contributed by atoms with van der Waals surface area (Å²) >= 11 is 0. The van der Waals surface area contributed by atoms with Crippen molar-refractivity contribution in [1.82, 2.24) is 0 Å². The predicted molar refractivity (Wildman–Crippen MR) is 61.6 cm³/mol. The first-order chi connectivity index (χ1) is 7.20.